The molecule has 30 heavy (non-hydrogen) atoms. The quantitative estimate of drug-likeness (QED) is 0.732. The average Bonchev–Trinajstić information content (AvgIpc) is 3.06. The number of ether oxygens (including phenoxy) is 1. The van der Waals surface area contributed by atoms with Crippen molar-refractivity contribution in [3.05, 3.63) is 53.2 Å². The van der Waals surface area contributed by atoms with E-state index in [1.54, 1.807) is 34.1 Å². The maximum atomic E-state index is 12.7. The number of rotatable bonds is 4. The summed E-state index contributed by atoms with van der Waals surface area (Å²) in [5.41, 5.74) is -0.158. The zero-order chi connectivity index (χ0) is 21.5. The normalized spacial score (nSPS) is 19.7. The van der Waals surface area contributed by atoms with Crippen LogP contribution in [0.25, 0.3) is 0 Å². The molecule has 2 aromatic rings. The molecule has 0 radical (unpaired) electrons. The van der Waals surface area contributed by atoms with Crippen molar-refractivity contribution >= 4 is 29.1 Å². The van der Waals surface area contributed by atoms with E-state index in [2.05, 4.69) is 4.98 Å². The molecule has 1 atom stereocenters. The minimum atomic E-state index is -4.45. The fourth-order valence-corrected chi connectivity index (χ4v) is 3.61. The van der Waals surface area contributed by atoms with E-state index in [0.29, 0.717) is 36.5 Å². The van der Waals surface area contributed by atoms with Gasteiger partial charge in [0.1, 0.15) is 6.10 Å². The average molecular weight is 440 g/mol. The number of pyridine rings is 1. The smallest absolute Gasteiger partial charge is 0.417 e. The summed E-state index contributed by atoms with van der Waals surface area (Å²) in [4.78, 5) is 31.8. The van der Waals surface area contributed by atoms with Gasteiger partial charge in [-0.25, -0.2) is 4.98 Å². The highest BCUT2D eigenvalue weighted by Crippen LogP contribution is 2.31. The molecule has 0 aliphatic carbocycles. The van der Waals surface area contributed by atoms with Crippen LogP contribution in [0.15, 0.2) is 42.6 Å². The van der Waals surface area contributed by atoms with Crippen LogP contribution in [0.1, 0.15) is 12.0 Å². The van der Waals surface area contributed by atoms with Crippen molar-refractivity contribution in [1.82, 2.24) is 9.88 Å². The molecule has 4 rings (SSSR count). The van der Waals surface area contributed by atoms with E-state index in [0.717, 1.165) is 12.1 Å². The zero-order valence-electron chi connectivity index (χ0n) is 15.6. The first-order chi connectivity index (χ1) is 14.2. The summed E-state index contributed by atoms with van der Waals surface area (Å²) in [7, 11) is 0. The van der Waals surface area contributed by atoms with Gasteiger partial charge < -0.3 is 14.5 Å². The molecule has 2 fully saturated rings. The third-order valence-electron chi connectivity index (χ3n) is 5.12. The van der Waals surface area contributed by atoms with Crippen molar-refractivity contribution < 1.29 is 27.5 Å². The van der Waals surface area contributed by atoms with Crippen molar-refractivity contribution in [3.8, 4) is 5.88 Å². The van der Waals surface area contributed by atoms with Gasteiger partial charge in [-0.05, 0) is 30.3 Å². The first-order valence-corrected chi connectivity index (χ1v) is 9.63. The molecule has 2 amide bonds. The molecule has 158 valence electrons. The minimum Gasteiger partial charge on any atom is -0.471 e. The molecular weight excluding hydrogens is 423 g/mol. The standard InChI is InChI=1S/C20H17ClF3N3O3/c21-14-2-4-15(5-3-14)27-9-12(7-18(27)28)19(29)26-10-16(11-26)30-17-6-1-13(8-25-17)20(22,23)24/h1-6,8,12,16H,7,9-11H2. The van der Waals surface area contributed by atoms with Crippen LogP contribution in [0.3, 0.4) is 0 Å². The molecule has 0 saturated carbocycles. The van der Waals surface area contributed by atoms with Crippen molar-refractivity contribution in [2.24, 2.45) is 5.92 Å². The van der Waals surface area contributed by atoms with Crippen LogP contribution in [-0.2, 0) is 15.8 Å². The molecule has 0 N–H and O–H groups in total. The number of aromatic nitrogens is 1. The van der Waals surface area contributed by atoms with E-state index >= 15 is 0 Å². The number of likely N-dealkylation sites (tertiary alicyclic amines) is 1. The van der Waals surface area contributed by atoms with Crippen LogP contribution < -0.4 is 9.64 Å². The number of alkyl halides is 3. The predicted octanol–water partition coefficient (Wildman–Crippen LogP) is 3.40. The number of hydrogen-bond acceptors (Lipinski definition) is 4. The van der Waals surface area contributed by atoms with E-state index in [-0.39, 0.29) is 30.2 Å². The van der Waals surface area contributed by atoms with Gasteiger partial charge in [0.15, 0.2) is 0 Å². The number of halogens is 4. The molecule has 1 unspecified atom stereocenters. The van der Waals surface area contributed by atoms with E-state index in [4.69, 9.17) is 16.3 Å². The lowest BCUT2D eigenvalue weighted by molar-refractivity contribution is -0.144. The van der Waals surface area contributed by atoms with Gasteiger partial charge in [-0.15, -0.1) is 0 Å². The van der Waals surface area contributed by atoms with E-state index in [1.165, 1.54) is 0 Å². The van der Waals surface area contributed by atoms with Crippen molar-refractivity contribution in [3.63, 3.8) is 0 Å². The second kappa shape index (κ2) is 7.79. The number of benzene rings is 1. The Bertz CT molecular complexity index is 945. The van der Waals surface area contributed by atoms with Gasteiger partial charge in [-0.1, -0.05) is 11.6 Å². The SMILES string of the molecule is O=C(C1CC(=O)N(c2ccc(Cl)cc2)C1)N1CC(Oc2ccc(C(F)(F)F)cn2)C1. The lowest BCUT2D eigenvalue weighted by Gasteiger charge is -2.39. The molecule has 2 saturated heterocycles. The molecule has 0 bridgehead atoms. The summed E-state index contributed by atoms with van der Waals surface area (Å²) in [6, 6.07) is 8.90. The number of nitrogens with zero attached hydrogens (tertiary/aromatic N) is 3. The summed E-state index contributed by atoms with van der Waals surface area (Å²) in [5, 5.41) is 0.562. The summed E-state index contributed by atoms with van der Waals surface area (Å²) < 4.78 is 43.2. The third-order valence-corrected chi connectivity index (χ3v) is 5.38. The van der Waals surface area contributed by atoms with E-state index in [9.17, 15) is 22.8 Å². The second-order valence-electron chi connectivity index (χ2n) is 7.25. The van der Waals surface area contributed by atoms with Crippen LogP contribution in [0.5, 0.6) is 5.88 Å². The van der Waals surface area contributed by atoms with Crippen LogP contribution >= 0.6 is 11.6 Å². The van der Waals surface area contributed by atoms with E-state index < -0.39 is 17.7 Å². The number of carbonyl (C=O) groups is 2. The molecule has 2 aliphatic heterocycles. The number of amides is 2. The Morgan fingerprint density at radius 1 is 1.10 bits per heavy atom. The Labute approximate surface area is 175 Å². The van der Waals surface area contributed by atoms with Gasteiger partial charge in [0, 0.05) is 35.9 Å². The molecule has 2 aliphatic rings. The lowest BCUT2D eigenvalue weighted by atomic mass is 10.0. The van der Waals surface area contributed by atoms with Crippen LogP contribution in [0, 0.1) is 5.92 Å². The maximum Gasteiger partial charge on any atom is 0.417 e. The summed E-state index contributed by atoms with van der Waals surface area (Å²) >= 11 is 5.87. The summed E-state index contributed by atoms with van der Waals surface area (Å²) in [5.74, 6) is -0.638. The molecule has 1 aromatic heterocycles. The lowest BCUT2D eigenvalue weighted by Crippen LogP contribution is -2.57. The van der Waals surface area contributed by atoms with Crippen LogP contribution in [0.2, 0.25) is 5.02 Å². The second-order valence-corrected chi connectivity index (χ2v) is 7.68. The fourth-order valence-electron chi connectivity index (χ4n) is 3.48. The highest BCUT2D eigenvalue weighted by atomic mass is 35.5. The number of hydrogen-bond donors (Lipinski definition) is 0. The third kappa shape index (κ3) is 4.21. The van der Waals surface area contributed by atoms with Gasteiger partial charge in [0.2, 0.25) is 17.7 Å². The predicted molar refractivity (Wildman–Crippen MR) is 102 cm³/mol. The number of carbonyl (C=O) groups excluding carboxylic acids is 2. The Morgan fingerprint density at radius 2 is 1.80 bits per heavy atom. The van der Waals surface area contributed by atoms with Crippen molar-refractivity contribution in [2.75, 3.05) is 24.5 Å². The molecule has 1 aromatic carbocycles. The van der Waals surface area contributed by atoms with Gasteiger partial charge in [0.05, 0.1) is 24.6 Å². The highest BCUT2D eigenvalue weighted by Gasteiger charge is 2.41. The minimum absolute atomic E-state index is 0.0741. The topological polar surface area (TPSA) is 62.7 Å². The Hall–Kier alpha value is -2.81. The molecule has 6 nitrogen and oxygen atoms in total. The van der Waals surface area contributed by atoms with Crippen molar-refractivity contribution in [2.45, 2.75) is 18.7 Å². The van der Waals surface area contributed by atoms with Crippen LogP contribution in [-0.4, -0.2) is 47.4 Å². The molecule has 10 heteroatoms. The van der Waals surface area contributed by atoms with Crippen LogP contribution in [0.4, 0.5) is 18.9 Å². The largest absolute Gasteiger partial charge is 0.471 e. The number of anilines is 1. The first-order valence-electron chi connectivity index (χ1n) is 9.25. The van der Waals surface area contributed by atoms with Crippen molar-refractivity contribution in [1.29, 1.82) is 0 Å². The monoisotopic (exact) mass is 439 g/mol. The molecular formula is C20H17ClF3N3O3. The van der Waals surface area contributed by atoms with Gasteiger partial charge in [-0.3, -0.25) is 9.59 Å². The Balaban J connectivity index is 1.29. The molecule has 3 heterocycles. The Kier molecular flexibility index (Phi) is 5.31. The van der Waals surface area contributed by atoms with Gasteiger partial charge >= 0.3 is 6.18 Å². The fraction of sp³-hybridized carbons (Fsp3) is 0.350. The van der Waals surface area contributed by atoms with E-state index in [1.807, 2.05) is 0 Å². The summed E-state index contributed by atoms with van der Waals surface area (Å²) in [6.45, 7) is 0.891. The highest BCUT2D eigenvalue weighted by molar-refractivity contribution is 6.30. The first kappa shape index (κ1) is 20.5. The zero-order valence-corrected chi connectivity index (χ0v) is 16.4. The van der Waals surface area contributed by atoms with Gasteiger partial charge in [-0.2, -0.15) is 13.2 Å². The van der Waals surface area contributed by atoms with Gasteiger partial charge in [0.25, 0.3) is 0 Å². The summed E-state index contributed by atoms with van der Waals surface area (Å²) in [6.07, 6.45) is -3.96. The molecule has 0 spiro atoms. The maximum absolute atomic E-state index is 12.7. The Morgan fingerprint density at radius 3 is 2.40 bits per heavy atom.